The van der Waals surface area contributed by atoms with Crippen LogP contribution in [-0.4, -0.2) is 22.0 Å². The summed E-state index contributed by atoms with van der Waals surface area (Å²) in [6, 6.07) is 6.45. The summed E-state index contributed by atoms with van der Waals surface area (Å²) in [5, 5.41) is 13.8. The molecule has 2 rings (SSSR count). The van der Waals surface area contributed by atoms with E-state index in [0.717, 1.165) is 0 Å². The molecule has 1 aromatic heterocycles. The number of aliphatic carboxylic acids is 1. The normalized spacial score (nSPS) is 11.9. The highest BCUT2D eigenvalue weighted by Gasteiger charge is 2.13. The molecular weight excluding hydrogens is 290 g/mol. The van der Waals surface area contributed by atoms with Crippen molar-refractivity contribution >= 4 is 28.9 Å². The average Bonchev–Trinajstić information content (AvgIpc) is 2.90. The molecule has 0 fully saturated rings. The smallest absolute Gasteiger partial charge is 0.307 e. The summed E-state index contributed by atoms with van der Waals surface area (Å²) in [7, 11) is 0. The number of anilines is 1. The van der Waals surface area contributed by atoms with Crippen LogP contribution in [0.3, 0.4) is 0 Å². The van der Waals surface area contributed by atoms with Gasteiger partial charge in [0, 0.05) is 11.1 Å². The number of nitrogens with zero attached hydrogens (tertiary/aromatic N) is 1. The fraction of sp³-hybridized carbons (Fsp3) is 0.214. The van der Waals surface area contributed by atoms with Crippen molar-refractivity contribution < 1.29 is 14.7 Å². The Labute approximate surface area is 125 Å². The molecule has 0 bridgehead atoms. The fourth-order valence-electron chi connectivity index (χ4n) is 1.68. The minimum absolute atomic E-state index is 0.0436. The SMILES string of the molecule is CC(N)c1nc(C(=O)Nc2ccc(CC(=O)O)cc2)cs1. The lowest BCUT2D eigenvalue weighted by Crippen LogP contribution is -2.13. The van der Waals surface area contributed by atoms with Crippen LogP contribution in [0.15, 0.2) is 29.6 Å². The summed E-state index contributed by atoms with van der Waals surface area (Å²) in [6.07, 6.45) is -0.0436. The van der Waals surface area contributed by atoms with E-state index in [1.54, 1.807) is 29.6 Å². The van der Waals surface area contributed by atoms with Crippen molar-refractivity contribution in [2.24, 2.45) is 5.73 Å². The van der Waals surface area contributed by atoms with Crippen LogP contribution < -0.4 is 11.1 Å². The molecule has 0 saturated heterocycles. The van der Waals surface area contributed by atoms with Crippen molar-refractivity contribution in [1.82, 2.24) is 4.98 Å². The van der Waals surface area contributed by atoms with Crippen LogP contribution in [0, 0.1) is 0 Å². The number of carbonyl (C=O) groups excluding carboxylic acids is 1. The van der Waals surface area contributed by atoms with E-state index in [0.29, 0.717) is 22.0 Å². The topological polar surface area (TPSA) is 105 Å². The second kappa shape index (κ2) is 6.47. The second-order valence-electron chi connectivity index (χ2n) is 4.58. The number of carboxylic acid groups (broad SMARTS) is 1. The molecule has 6 nitrogen and oxygen atoms in total. The van der Waals surface area contributed by atoms with Gasteiger partial charge in [-0.1, -0.05) is 12.1 Å². The van der Waals surface area contributed by atoms with Crippen molar-refractivity contribution in [1.29, 1.82) is 0 Å². The van der Waals surface area contributed by atoms with Crippen LogP contribution >= 0.6 is 11.3 Å². The summed E-state index contributed by atoms with van der Waals surface area (Å²) in [4.78, 5) is 26.8. The first-order valence-corrected chi connectivity index (χ1v) is 7.17. The third-order valence-electron chi connectivity index (χ3n) is 2.71. The van der Waals surface area contributed by atoms with E-state index in [-0.39, 0.29) is 18.4 Å². The number of amides is 1. The van der Waals surface area contributed by atoms with Crippen molar-refractivity contribution in [3.63, 3.8) is 0 Å². The van der Waals surface area contributed by atoms with E-state index in [1.807, 2.05) is 6.92 Å². The first kappa shape index (κ1) is 15.1. The standard InChI is InChI=1S/C14H15N3O3S/c1-8(15)14-17-11(7-21-14)13(20)16-10-4-2-9(3-5-10)6-12(18)19/h2-5,7-8H,6,15H2,1H3,(H,16,20)(H,18,19). The van der Waals surface area contributed by atoms with Crippen molar-refractivity contribution in [3.05, 3.63) is 45.9 Å². The number of benzene rings is 1. The van der Waals surface area contributed by atoms with Gasteiger partial charge in [-0.25, -0.2) is 4.98 Å². The number of carbonyl (C=O) groups is 2. The predicted molar refractivity (Wildman–Crippen MR) is 80.5 cm³/mol. The molecule has 0 aliphatic heterocycles. The van der Waals surface area contributed by atoms with Gasteiger partial charge in [0.2, 0.25) is 0 Å². The van der Waals surface area contributed by atoms with Crippen LogP contribution in [-0.2, 0) is 11.2 Å². The number of nitrogens with two attached hydrogens (primary N) is 1. The highest BCUT2D eigenvalue weighted by atomic mass is 32.1. The minimum atomic E-state index is -0.891. The Balaban J connectivity index is 2.03. The lowest BCUT2D eigenvalue weighted by atomic mass is 10.1. The van der Waals surface area contributed by atoms with E-state index in [2.05, 4.69) is 10.3 Å². The van der Waals surface area contributed by atoms with Gasteiger partial charge in [0.05, 0.1) is 12.5 Å². The summed E-state index contributed by atoms with van der Waals surface area (Å²) in [6.45, 7) is 1.81. The number of nitrogens with one attached hydrogen (secondary N) is 1. The first-order valence-electron chi connectivity index (χ1n) is 6.29. The molecule has 1 unspecified atom stereocenters. The maximum atomic E-state index is 12.0. The second-order valence-corrected chi connectivity index (χ2v) is 5.47. The fourth-order valence-corrected chi connectivity index (χ4v) is 2.43. The van der Waals surface area contributed by atoms with Crippen molar-refractivity contribution in [2.75, 3.05) is 5.32 Å². The highest BCUT2D eigenvalue weighted by molar-refractivity contribution is 7.09. The molecule has 2 aromatic rings. The van der Waals surface area contributed by atoms with Crippen LogP contribution in [0.25, 0.3) is 0 Å². The van der Waals surface area contributed by atoms with Crippen LogP contribution in [0.2, 0.25) is 0 Å². The molecule has 4 N–H and O–H groups in total. The van der Waals surface area contributed by atoms with E-state index in [4.69, 9.17) is 10.8 Å². The lowest BCUT2D eigenvalue weighted by molar-refractivity contribution is -0.136. The molecule has 1 aromatic carbocycles. The monoisotopic (exact) mass is 305 g/mol. The summed E-state index contributed by atoms with van der Waals surface area (Å²) >= 11 is 1.34. The Bertz CT molecular complexity index is 650. The van der Waals surface area contributed by atoms with Gasteiger partial charge in [-0.3, -0.25) is 9.59 Å². The van der Waals surface area contributed by atoms with Gasteiger partial charge < -0.3 is 16.2 Å². The van der Waals surface area contributed by atoms with Gasteiger partial charge in [0.15, 0.2) is 0 Å². The molecular formula is C14H15N3O3S. The average molecular weight is 305 g/mol. The first-order chi connectivity index (χ1) is 9.95. The summed E-state index contributed by atoms with van der Waals surface area (Å²) in [5.74, 6) is -1.21. The Morgan fingerprint density at radius 2 is 2.05 bits per heavy atom. The molecule has 0 radical (unpaired) electrons. The molecule has 7 heteroatoms. The Morgan fingerprint density at radius 3 is 2.57 bits per heavy atom. The lowest BCUT2D eigenvalue weighted by Gasteiger charge is -2.04. The molecule has 21 heavy (non-hydrogen) atoms. The van der Waals surface area contributed by atoms with Crippen molar-refractivity contribution in [2.45, 2.75) is 19.4 Å². The molecule has 1 atom stereocenters. The minimum Gasteiger partial charge on any atom is -0.481 e. The third kappa shape index (κ3) is 4.11. The van der Waals surface area contributed by atoms with E-state index >= 15 is 0 Å². The molecule has 1 heterocycles. The number of aromatic nitrogens is 1. The zero-order valence-corrected chi connectivity index (χ0v) is 12.2. The van der Waals surface area contributed by atoms with Crippen LogP contribution in [0.1, 0.15) is 34.0 Å². The molecule has 0 aliphatic carbocycles. The van der Waals surface area contributed by atoms with Gasteiger partial charge in [-0.15, -0.1) is 11.3 Å². The molecule has 1 amide bonds. The quantitative estimate of drug-likeness (QED) is 0.784. The zero-order valence-electron chi connectivity index (χ0n) is 11.4. The summed E-state index contributed by atoms with van der Waals surface area (Å²) < 4.78 is 0. The maximum absolute atomic E-state index is 12.0. The van der Waals surface area contributed by atoms with Gasteiger partial charge in [-0.2, -0.15) is 0 Å². The number of carboxylic acids is 1. The Kier molecular flexibility index (Phi) is 4.66. The number of thiazole rings is 1. The third-order valence-corrected chi connectivity index (χ3v) is 3.76. The molecule has 0 aliphatic rings. The number of hydrogen-bond donors (Lipinski definition) is 3. The van der Waals surface area contributed by atoms with Gasteiger partial charge >= 0.3 is 5.97 Å². The van der Waals surface area contributed by atoms with Gasteiger partial charge in [-0.05, 0) is 24.6 Å². The number of rotatable bonds is 5. The molecule has 0 saturated carbocycles. The van der Waals surface area contributed by atoms with E-state index in [1.165, 1.54) is 11.3 Å². The van der Waals surface area contributed by atoms with Gasteiger partial charge in [0.25, 0.3) is 5.91 Å². The van der Waals surface area contributed by atoms with Gasteiger partial charge in [0.1, 0.15) is 10.7 Å². The summed E-state index contributed by atoms with van der Waals surface area (Å²) in [5.41, 5.74) is 7.29. The number of hydrogen-bond acceptors (Lipinski definition) is 5. The molecule has 0 spiro atoms. The van der Waals surface area contributed by atoms with E-state index in [9.17, 15) is 9.59 Å². The highest BCUT2D eigenvalue weighted by Crippen LogP contribution is 2.17. The largest absolute Gasteiger partial charge is 0.481 e. The maximum Gasteiger partial charge on any atom is 0.307 e. The zero-order chi connectivity index (χ0) is 15.4. The van der Waals surface area contributed by atoms with Crippen molar-refractivity contribution in [3.8, 4) is 0 Å². The van der Waals surface area contributed by atoms with Crippen LogP contribution in [0.5, 0.6) is 0 Å². The van der Waals surface area contributed by atoms with Crippen LogP contribution in [0.4, 0.5) is 5.69 Å². The predicted octanol–water partition coefficient (Wildman–Crippen LogP) is 2.04. The Hall–Kier alpha value is -2.25. The Morgan fingerprint density at radius 1 is 1.38 bits per heavy atom. The van der Waals surface area contributed by atoms with E-state index < -0.39 is 5.97 Å². The molecule has 110 valence electrons.